The summed E-state index contributed by atoms with van der Waals surface area (Å²) in [5.41, 5.74) is 3.10. The molecule has 1 heterocycles. The number of carbonyl (C=O) groups is 3. The second kappa shape index (κ2) is 11.8. The molecular weight excluding hydrogens is 488 g/mol. The molecule has 0 radical (unpaired) electrons. The highest BCUT2D eigenvalue weighted by Crippen LogP contribution is 2.33. The van der Waals surface area contributed by atoms with Crippen molar-refractivity contribution in [3.8, 4) is 11.5 Å². The zero-order valence-corrected chi connectivity index (χ0v) is 21.8. The van der Waals surface area contributed by atoms with E-state index >= 15 is 0 Å². The lowest BCUT2D eigenvalue weighted by molar-refractivity contribution is -0.123. The average Bonchev–Trinajstić information content (AvgIpc) is 3.18. The van der Waals surface area contributed by atoms with E-state index in [-0.39, 0.29) is 23.6 Å². The topological polar surface area (TPSA) is 76.2 Å². The van der Waals surface area contributed by atoms with Gasteiger partial charge in [0.1, 0.15) is 0 Å². The molecule has 7 nitrogen and oxygen atoms in total. The van der Waals surface area contributed by atoms with E-state index in [4.69, 9.17) is 9.47 Å². The van der Waals surface area contributed by atoms with E-state index in [9.17, 15) is 14.4 Å². The van der Waals surface area contributed by atoms with Gasteiger partial charge in [-0.05, 0) is 65.2 Å². The molecule has 0 aromatic heterocycles. The van der Waals surface area contributed by atoms with Crippen molar-refractivity contribution in [1.82, 2.24) is 9.80 Å². The van der Waals surface area contributed by atoms with Crippen LogP contribution in [0.2, 0.25) is 0 Å². The Morgan fingerprint density at radius 1 is 0.919 bits per heavy atom. The van der Waals surface area contributed by atoms with Gasteiger partial charge in [0.25, 0.3) is 17.1 Å². The van der Waals surface area contributed by atoms with Gasteiger partial charge in [0, 0.05) is 19.2 Å². The summed E-state index contributed by atoms with van der Waals surface area (Å²) in [5, 5.41) is -0.303. The number of nitrogens with zero attached hydrogens (tertiary/aromatic N) is 2. The van der Waals surface area contributed by atoms with Gasteiger partial charge >= 0.3 is 0 Å². The number of hydrogen-bond donors (Lipinski definition) is 0. The molecular formula is C29H28N2O5S. The Balaban J connectivity index is 1.42. The summed E-state index contributed by atoms with van der Waals surface area (Å²) < 4.78 is 10.6. The molecule has 3 amide bonds. The minimum atomic E-state index is -0.331. The molecule has 1 aliphatic heterocycles. The Kier molecular flexibility index (Phi) is 8.30. The van der Waals surface area contributed by atoms with Gasteiger partial charge in [-0.2, -0.15) is 0 Å². The number of ether oxygens (including phenoxy) is 2. The minimum Gasteiger partial charge on any atom is -0.493 e. The standard InChI is InChI=1S/C29H28N2O5S/c1-30(15-14-20-12-13-24(35-2)25(17-20)36-3)27(32)23-11-7-10-22(16-23)18-26-28(33)31(29(34)37-26)19-21-8-5-4-6-9-21/h4-13,16-18H,14-15,19H2,1-3H3. The molecule has 0 saturated carbocycles. The van der Waals surface area contributed by atoms with E-state index < -0.39 is 0 Å². The van der Waals surface area contributed by atoms with Crippen LogP contribution in [0.5, 0.6) is 11.5 Å². The van der Waals surface area contributed by atoms with Crippen LogP contribution in [-0.2, 0) is 17.8 Å². The Bertz CT molecular complexity index is 1340. The number of imide groups is 1. The molecule has 1 saturated heterocycles. The van der Waals surface area contributed by atoms with Crippen molar-refractivity contribution >= 4 is 34.9 Å². The number of rotatable bonds is 9. The summed E-state index contributed by atoms with van der Waals surface area (Å²) in [5.74, 6) is 0.843. The SMILES string of the molecule is COc1ccc(CCN(C)C(=O)c2cccc(C=C3SC(=O)N(Cc4ccccc4)C3=O)c2)cc1OC. The highest BCUT2D eigenvalue weighted by Gasteiger charge is 2.35. The summed E-state index contributed by atoms with van der Waals surface area (Å²) >= 11 is 0.912. The largest absolute Gasteiger partial charge is 0.493 e. The Morgan fingerprint density at radius 3 is 2.41 bits per heavy atom. The van der Waals surface area contributed by atoms with Gasteiger partial charge in [0.05, 0.1) is 25.7 Å². The van der Waals surface area contributed by atoms with Crippen LogP contribution < -0.4 is 9.47 Å². The van der Waals surface area contributed by atoms with Crippen LogP contribution in [0.25, 0.3) is 6.08 Å². The first-order valence-electron chi connectivity index (χ1n) is 11.8. The summed E-state index contributed by atoms with van der Waals surface area (Å²) in [7, 11) is 4.94. The Morgan fingerprint density at radius 2 is 1.68 bits per heavy atom. The Labute approximate surface area is 220 Å². The second-order valence-corrected chi connectivity index (χ2v) is 9.54. The van der Waals surface area contributed by atoms with Crippen LogP contribution in [-0.4, -0.2) is 54.7 Å². The van der Waals surface area contributed by atoms with E-state index in [1.807, 2.05) is 54.6 Å². The van der Waals surface area contributed by atoms with E-state index in [1.54, 1.807) is 50.4 Å². The molecule has 0 bridgehead atoms. The van der Waals surface area contributed by atoms with E-state index in [1.165, 1.54) is 4.90 Å². The molecule has 0 atom stereocenters. The van der Waals surface area contributed by atoms with Crippen molar-refractivity contribution < 1.29 is 23.9 Å². The maximum Gasteiger partial charge on any atom is 0.293 e. The number of carbonyl (C=O) groups excluding carboxylic acids is 3. The van der Waals surface area contributed by atoms with Crippen molar-refractivity contribution in [1.29, 1.82) is 0 Å². The zero-order valence-electron chi connectivity index (χ0n) is 21.0. The quantitative estimate of drug-likeness (QED) is 0.362. The summed E-state index contributed by atoms with van der Waals surface area (Å²) in [6.45, 7) is 0.739. The van der Waals surface area contributed by atoms with Crippen molar-refractivity contribution in [2.24, 2.45) is 0 Å². The number of likely N-dealkylation sites (N-methyl/N-ethyl adjacent to an activating group) is 1. The molecule has 0 aliphatic carbocycles. The van der Waals surface area contributed by atoms with E-state index in [0.29, 0.717) is 40.5 Å². The lowest BCUT2D eigenvalue weighted by Gasteiger charge is -2.18. The molecule has 3 aromatic carbocycles. The molecule has 8 heteroatoms. The molecule has 1 aliphatic rings. The van der Waals surface area contributed by atoms with Crippen LogP contribution in [0, 0.1) is 0 Å². The maximum absolute atomic E-state index is 13.1. The second-order valence-electron chi connectivity index (χ2n) is 8.54. The number of methoxy groups -OCH3 is 2. The van der Waals surface area contributed by atoms with Crippen LogP contribution in [0.4, 0.5) is 4.79 Å². The molecule has 0 unspecified atom stereocenters. The molecule has 0 spiro atoms. The molecule has 37 heavy (non-hydrogen) atoms. The van der Waals surface area contributed by atoms with Gasteiger partial charge < -0.3 is 14.4 Å². The van der Waals surface area contributed by atoms with Gasteiger partial charge in [-0.25, -0.2) is 0 Å². The third-order valence-electron chi connectivity index (χ3n) is 6.02. The lowest BCUT2D eigenvalue weighted by Crippen LogP contribution is -2.28. The minimum absolute atomic E-state index is 0.132. The molecule has 1 fully saturated rings. The fourth-order valence-corrected chi connectivity index (χ4v) is 4.81. The third kappa shape index (κ3) is 6.21. The van der Waals surface area contributed by atoms with Gasteiger partial charge in [-0.3, -0.25) is 19.3 Å². The van der Waals surface area contributed by atoms with Crippen molar-refractivity contribution in [3.05, 3.63) is 100.0 Å². The van der Waals surface area contributed by atoms with Crippen LogP contribution in [0.15, 0.2) is 77.7 Å². The first kappa shape index (κ1) is 26.0. The van der Waals surface area contributed by atoms with Crippen LogP contribution in [0.3, 0.4) is 0 Å². The van der Waals surface area contributed by atoms with Gasteiger partial charge in [0.2, 0.25) is 0 Å². The first-order chi connectivity index (χ1) is 17.9. The average molecular weight is 517 g/mol. The number of benzene rings is 3. The van der Waals surface area contributed by atoms with Crippen LogP contribution >= 0.6 is 11.8 Å². The zero-order chi connectivity index (χ0) is 26.4. The highest BCUT2D eigenvalue weighted by molar-refractivity contribution is 8.18. The summed E-state index contributed by atoms with van der Waals surface area (Å²) in [4.78, 5) is 41.7. The van der Waals surface area contributed by atoms with E-state index in [2.05, 4.69) is 0 Å². The van der Waals surface area contributed by atoms with Crippen molar-refractivity contribution in [2.45, 2.75) is 13.0 Å². The third-order valence-corrected chi connectivity index (χ3v) is 6.93. The molecule has 0 N–H and O–H groups in total. The number of hydrogen-bond acceptors (Lipinski definition) is 6. The Hall–Kier alpha value is -4.04. The normalized spacial score (nSPS) is 14.2. The fourth-order valence-electron chi connectivity index (χ4n) is 3.97. The predicted octanol–water partition coefficient (Wildman–Crippen LogP) is 5.26. The monoisotopic (exact) mass is 516 g/mol. The molecule has 4 rings (SSSR count). The van der Waals surface area contributed by atoms with Gasteiger partial charge in [-0.15, -0.1) is 0 Å². The first-order valence-corrected chi connectivity index (χ1v) is 12.6. The summed E-state index contributed by atoms with van der Waals surface area (Å²) in [6, 6.07) is 22.2. The predicted molar refractivity (Wildman–Crippen MR) is 145 cm³/mol. The lowest BCUT2D eigenvalue weighted by atomic mass is 10.1. The van der Waals surface area contributed by atoms with Gasteiger partial charge in [0.15, 0.2) is 11.5 Å². The summed E-state index contributed by atoms with van der Waals surface area (Å²) in [6.07, 6.45) is 2.31. The van der Waals surface area contributed by atoms with Crippen molar-refractivity contribution in [2.75, 3.05) is 27.8 Å². The number of thioether (sulfide) groups is 1. The van der Waals surface area contributed by atoms with Crippen molar-refractivity contribution in [3.63, 3.8) is 0 Å². The maximum atomic E-state index is 13.1. The highest BCUT2D eigenvalue weighted by atomic mass is 32.2. The molecule has 190 valence electrons. The smallest absolute Gasteiger partial charge is 0.293 e. The van der Waals surface area contributed by atoms with Gasteiger partial charge in [-0.1, -0.05) is 48.5 Å². The van der Waals surface area contributed by atoms with Crippen LogP contribution in [0.1, 0.15) is 27.0 Å². The number of amides is 3. The van der Waals surface area contributed by atoms with E-state index in [0.717, 1.165) is 22.9 Å². The molecule has 3 aromatic rings. The fraction of sp³-hybridized carbons (Fsp3) is 0.207.